The van der Waals surface area contributed by atoms with Crippen LogP contribution in [0.25, 0.3) is 6.08 Å². The van der Waals surface area contributed by atoms with Gasteiger partial charge in [0.05, 0.1) is 0 Å². The van der Waals surface area contributed by atoms with Crippen molar-refractivity contribution >= 4 is 17.7 Å². The van der Waals surface area contributed by atoms with Crippen LogP contribution in [0.2, 0.25) is 0 Å². The summed E-state index contributed by atoms with van der Waals surface area (Å²) in [6.45, 7) is 8.57. The number of amides is 1. The number of nitrogens with one attached hydrogen (secondary N) is 2. The first kappa shape index (κ1) is 16.8. The molecule has 0 aliphatic carbocycles. The van der Waals surface area contributed by atoms with Gasteiger partial charge in [-0.1, -0.05) is 39.0 Å². The summed E-state index contributed by atoms with van der Waals surface area (Å²) < 4.78 is 5.50. The summed E-state index contributed by atoms with van der Waals surface area (Å²) in [7, 11) is 0. The number of nitrogens with zero attached hydrogens (tertiary/aromatic N) is 1. The fraction of sp³-hybridized carbons (Fsp3) is 0.333. The molecule has 122 valence electrons. The summed E-state index contributed by atoms with van der Waals surface area (Å²) in [4.78, 5) is 16.6. The van der Waals surface area contributed by atoms with E-state index in [1.165, 1.54) is 6.39 Å². The van der Waals surface area contributed by atoms with Gasteiger partial charge in [-0.2, -0.15) is 0 Å². The summed E-state index contributed by atoms with van der Waals surface area (Å²) >= 11 is 0. The highest BCUT2D eigenvalue weighted by atomic mass is 16.3. The van der Waals surface area contributed by atoms with Crippen molar-refractivity contribution in [2.24, 2.45) is 0 Å². The lowest BCUT2D eigenvalue weighted by atomic mass is 9.91. The molecular formula is C18H23N3O2. The molecule has 0 unspecified atom stereocenters. The van der Waals surface area contributed by atoms with Crippen LogP contribution in [0.4, 0.5) is 5.69 Å². The molecule has 0 saturated heterocycles. The van der Waals surface area contributed by atoms with E-state index in [4.69, 9.17) is 4.42 Å². The minimum absolute atomic E-state index is 0.181. The second-order valence-electron chi connectivity index (χ2n) is 6.23. The minimum atomic E-state index is -0.193. The Bertz CT molecular complexity index is 682. The van der Waals surface area contributed by atoms with Gasteiger partial charge in [0, 0.05) is 17.6 Å². The highest BCUT2D eigenvalue weighted by molar-refractivity contribution is 6.00. The predicted molar refractivity (Wildman–Crippen MR) is 91.9 cm³/mol. The van der Waals surface area contributed by atoms with Gasteiger partial charge in [-0.3, -0.25) is 4.79 Å². The summed E-state index contributed by atoms with van der Waals surface area (Å²) in [6, 6.07) is 9.56. The van der Waals surface area contributed by atoms with E-state index in [0.717, 1.165) is 11.4 Å². The van der Waals surface area contributed by atoms with E-state index in [1.54, 1.807) is 6.08 Å². The fourth-order valence-electron chi connectivity index (χ4n) is 2.15. The lowest BCUT2D eigenvalue weighted by molar-refractivity contribution is -0.117. The van der Waals surface area contributed by atoms with Crippen LogP contribution in [0, 0.1) is 0 Å². The van der Waals surface area contributed by atoms with Crippen LogP contribution in [-0.2, 0) is 10.2 Å². The van der Waals surface area contributed by atoms with Gasteiger partial charge in [0.2, 0.25) is 0 Å². The van der Waals surface area contributed by atoms with E-state index < -0.39 is 0 Å². The molecule has 0 spiro atoms. The standard InChI is InChI=1S/C18H23N3O2/c1-5-19-17(22)15(21-13-9-7-6-8-10-13)11-14-16(18(2,3)4)23-12-20-14/h6-12,21H,5H2,1-4H3,(H,19,22)/b15-11-. The van der Waals surface area contributed by atoms with Crippen molar-refractivity contribution in [2.45, 2.75) is 33.1 Å². The molecule has 1 heterocycles. The molecule has 0 atom stereocenters. The van der Waals surface area contributed by atoms with Crippen LogP contribution in [-0.4, -0.2) is 17.4 Å². The molecule has 0 radical (unpaired) electrons. The van der Waals surface area contributed by atoms with Crippen molar-refractivity contribution in [2.75, 3.05) is 11.9 Å². The number of para-hydroxylation sites is 1. The lowest BCUT2D eigenvalue weighted by Gasteiger charge is -2.16. The summed E-state index contributed by atoms with van der Waals surface area (Å²) in [5.74, 6) is 0.563. The minimum Gasteiger partial charge on any atom is -0.447 e. The molecule has 0 saturated carbocycles. The Balaban J connectivity index is 2.37. The highest BCUT2D eigenvalue weighted by Gasteiger charge is 2.23. The first-order valence-corrected chi connectivity index (χ1v) is 7.67. The Morgan fingerprint density at radius 2 is 1.96 bits per heavy atom. The average Bonchev–Trinajstić information content (AvgIpc) is 2.96. The number of hydrogen-bond acceptors (Lipinski definition) is 4. The Kier molecular flexibility index (Phi) is 5.21. The molecule has 1 aromatic carbocycles. The molecule has 5 heteroatoms. The Morgan fingerprint density at radius 1 is 1.26 bits per heavy atom. The number of anilines is 1. The van der Waals surface area contributed by atoms with Crippen LogP contribution in [0.1, 0.15) is 39.1 Å². The molecule has 2 rings (SSSR count). The van der Waals surface area contributed by atoms with E-state index in [-0.39, 0.29) is 11.3 Å². The number of likely N-dealkylation sites (N-methyl/N-ethyl adjacent to an activating group) is 1. The number of hydrogen-bond donors (Lipinski definition) is 2. The molecule has 1 amide bonds. The molecule has 0 bridgehead atoms. The van der Waals surface area contributed by atoms with Crippen molar-refractivity contribution in [1.29, 1.82) is 0 Å². The summed E-state index contributed by atoms with van der Waals surface area (Å²) in [5, 5.41) is 5.96. The van der Waals surface area contributed by atoms with E-state index in [2.05, 4.69) is 15.6 Å². The van der Waals surface area contributed by atoms with E-state index in [1.807, 2.05) is 58.0 Å². The number of carbonyl (C=O) groups is 1. The van der Waals surface area contributed by atoms with Gasteiger partial charge in [-0.05, 0) is 25.1 Å². The van der Waals surface area contributed by atoms with Crippen molar-refractivity contribution in [3.8, 4) is 0 Å². The van der Waals surface area contributed by atoms with Gasteiger partial charge in [-0.15, -0.1) is 0 Å². The number of carbonyl (C=O) groups excluding carboxylic acids is 1. The van der Waals surface area contributed by atoms with Gasteiger partial charge in [0.15, 0.2) is 6.39 Å². The number of benzene rings is 1. The maximum absolute atomic E-state index is 12.3. The largest absolute Gasteiger partial charge is 0.447 e. The van der Waals surface area contributed by atoms with E-state index in [0.29, 0.717) is 17.9 Å². The zero-order valence-corrected chi connectivity index (χ0v) is 14.0. The zero-order valence-electron chi connectivity index (χ0n) is 14.0. The van der Waals surface area contributed by atoms with Gasteiger partial charge < -0.3 is 15.1 Å². The Morgan fingerprint density at radius 3 is 2.57 bits per heavy atom. The fourth-order valence-corrected chi connectivity index (χ4v) is 2.15. The first-order valence-electron chi connectivity index (χ1n) is 7.67. The smallest absolute Gasteiger partial charge is 0.267 e. The molecule has 0 fully saturated rings. The molecule has 0 aliphatic rings. The second-order valence-corrected chi connectivity index (χ2v) is 6.23. The third-order valence-corrected chi connectivity index (χ3v) is 3.19. The average molecular weight is 313 g/mol. The third-order valence-electron chi connectivity index (χ3n) is 3.19. The monoisotopic (exact) mass is 313 g/mol. The van der Waals surface area contributed by atoms with Crippen LogP contribution in [0.15, 0.2) is 46.8 Å². The second kappa shape index (κ2) is 7.13. The van der Waals surface area contributed by atoms with Crippen LogP contribution >= 0.6 is 0 Å². The van der Waals surface area contributed by atoms with Gasteiger partial charge >= 0.3 is 0 Å². The van der Waals surface area contributed by atoms with Crippen molar-refractivity contribution in [3.63, 3.8) is 0 Å². The van der Waals surface area contributed by atoms with Crippen molar-refractivity contribution in [3.05, 3.63) is 53.9 Å². The topological polar surface area (TPSA) is 67.2 Å². The maximum Gasteiger partial charge on any atom is 0.267 e. The predicted octanol–water partition coefficient (Wildman–Crippen LogP) is 3.56. The molecular weight excluding hydrogens is 290 g/mol. The number of aromatic nitrogens is 1. The summed E-state index contributed by atoms with van der Waals surface area (Å²) in [5.41, 5.74) is 1.73. The van der Waals surface area contributed by atoms with Gasteiger partial charge in [-0.25, -0.2) is 4.98 Å². The molecule has 5 nitrogen and oxygen atoms in total. The van der Waals surface area contributed by atoms with Gasteiger partial charge in [0.25, 0.3) is 5.91 Å². The lowest BCUT2D eigenvalue weighted by Crippen LogP contribution is -2.28. The normalized spacial score (nSPS) is 12.1. The molecule has 0 aliphatic heterocycles. The van der Waals surface area contributed by atoms with Crippen LogP contribution < -0.4 is 10.6 Å². The quantitative estimate of drug-likeness (QED) is 0.828. The third kappa shape index (κ3) is 4.45. The van der Waals surface area contributed by atoms with Gasteiger partial charge in [0.1, 0.15) is 17.2 Å². The molecule has 1 aromatic heterocycles. The Hall–Kier alpha value is -2.56. The van der Waals surface area contributed by atoms with Crippen LogP contribution in [0.5, 0.6) is 0 Å². The molecule has 23 heavy (non-hydrogen) atoms. The van der Waals surface area contributed by atoms with E-state index in [9.17, 15) is 4.79 Å². The zero-order chi connectivity index (χ0) is 16.9. The molecule has 2 N–H and O–H groups in total. The van der Waals surface area contributed by atoms with Crippen molar-refractivity contribution in [1.82, 2.24) is 10.3 Å². The first-order chi connectivity index (χ1) is 10.9. The van der Waals surface area contributed by atoms with Crippen molar-refractivity contribution < 1.29 is 9.21 Å². The number of oxazole rings is 1. The summed E-state index contributed by atoms with van der Waals surface area (Å²) in [6.07, 6.45) is 3.13. The maximum atomic E-state index is 12.3. The Labute approximate surface area is 136 Å². The van der Waals surface area contributed by atoms with Crippen LogP contribution in [0.3, 0.4) is 0 Å². The highest BCUT2D eigenvalue weighted by Crippen LogP contribution is 2.26. The van der Waals surface area contributed by atoms with E-state index >= 15 is 0 Å². The molecule has 2 aromatic rings. The SMILES string of the molecule is CCNC(=O)/C(=C/c1ncoc1C(C)(C)C)Nc1ccccc1. The number of rotatable bonds is 5.